The van der Waals surface area contributed by atoms with Gasteiger partial charge in [0.2, 0.25) is 9.73 Å². The van der Waals surface area contributed by atoms with Gasteiger partial charge in [0.05, 0.1) is 22.6 Å². The summed E-state index contributed by atoms with van der Waals surface area (Å²) in [4.78, 5) is 16.6. The van der Waals surface area contributed by atoms with E-state index in [9.17, 15) is 9.18 Å². The van der Waals surface area contributed by atoms with Gasteiger partial charge in [0.15, 0.2) is 5.78 Å². The Kier molecular flexibility index (Phi) is 4.88. The summed E-state index contributed by atoms with van der Waals surface area (Å²) in [6.07, 6.45) is 0. The maximum atomic E-state index is 14.5. The van der Waals surface area contributed by atoms with Crippen LogP contribution >= 0.6 is 23.6 Å². The molecule has 0 atom stereocenters. The van der Waals surface area contributed by atoms with Crippen molar-refractivity contribution in [2.75, 3.05) is 31.1 Å². The number of benzene rings is 2. The van der Waals surface area contributed by atoms with E-state index in [0.29, 0.717) is 35.8 Å². The molecular weight excluding hydrogens is 421 g/mol. The highest BCUT2D eigenvalue weighted by Crippen LogP contribution is 2.26. The molecule has 0 unspecified atom stereocenters. The molecule has 0 spiro atoms. The van der Waals surface area contributed by atoms with Crippen LogP contribution < -0.4 is 4.90 Å². The van der Waals surface area contributed by atoms with Crippen molar-refractivity contribution < 1.29 is 9.18 Å². The van der Waals surface area contributed by atoms with Gasteiger partial charge >= 0.3 is 0 Å². The van der Waals surface area contributed by atoms with Crippen molar-refractivity contribution in [2.24, 2.45) is 0 Å². The van der Waals surface area contributed by atoms with Gasteiger partial charge in [0.25, 0.3) is 0 Å². The number of anilines is 1. The van der Waals surface area contributed by atoms with Crippen LogP contribution in [0.5, 0.6) is 0 Å². The van der Waals surface area contributed by atoms with Crippen molar-refractivity contribution in [1.82, 2.24) is 19.1 Å². The molecule has 30 heavy (non-hydrogen) atoms. The lowest BCUT2D eigenvalue weighted by atomic mass is 10.1. The molecule has 0 bridgehead atoms. The van der Waals surface area contributed by atoms with Gasteiger partial charge in [0, 0.05) is 31.7 Å². The molecule has 1 fully saturated rings. The Bertz CT molecular complexity index is 1320. The van der Waals surface area contributed by atoms with Gasteiger partial charge < -0.3 is 4.90 Å². The second kappa shape index (κ2) is 7.57. The SMILES string of the molecule is CC(=O)c1ccc(N2CCN(Cn3nc4sc5ccccc5n4c3=S)CC2)c(F)c1. The number of carbonyl (C=O) groups is 1. The number of hydrogen-bond acceptors (Lipinski definition) is 6. The molecule has 0 radical (unpaired) electrons. The molecule has 0 saturated carbocycles. The standard InChI is InChI=1S/C21H20FN5OS2/c1-14(28)15-6-7-17(16(22)12-15)25-10-8-24(9-11-25)13-26-21(29)27-18-4-2-3-5-19(18)30-20(27)23-26/h2-7,12H,8-11,13H2,1H3. The van der Waals surface area contributed by atoms with Gasteiger partial charge in [-0.25, -0.2) is 9.07 Å². The van der Waals surface area contributed by atoms with E-state index < -0.39 is 0 Å². The van der Waals surface area contributed by atoms with Gasteiger partial charge in [-0.15, -0.1) is 5.10 Å². The van der Waals surface area contributed by atoms with Gasteiger partial charge in [-0.1, -0.05) is 23.5 Å². The molecule has 6 nitrogen and oxygen atoms in total. The first kappa shape index (κ1) is 19.3. The van der Waals surface area contributed by atoms with Crippen molar-refractivity contribution in [3.63, 3.8) is 0 Å². The molecule has 1 aliphatic rings. The van der Waals surface area contributed by atoms with Crippen LogP contribution in [0.1, 0.15) is 17.3 Å². The maximum Gasteiger partial charge on any atom is 0.216 e. The van der Waals surface area contributed by atoms with E-state index >= 15 is 0 Å². The fraction of sp³-hybridized carbons (Fsp3) is 0.286. The van der Waals surface area contributed by atoms with Gasteiger partial charge in [0.1, 0.15) is 5.82 Å². The number of fused-ring (bicyclic) bond motifs is 3. The number of rotatable bonds is 4. The van der Waals surface area contributed by atoms with Crippen LogP contribution in [0.4, 0.5) is 10.1 Å². The minimum absolute atomic E-state index is 0.130. The average Bonchev–Trinajstić information content (AvgIpc) is 3.25. The van der Waals surface area contributed by atoms with Gasteiger partial charge in [-0.3, -0.25) is 14.1 Å². The number of ketones is 1. The summed E-state index contributed by atoms with van der Waals surface area (Å²) in [6, 6.07) is 12.9. The molecule has 5 rings (SSSR count). The number of thiazole rings is 1. The first-order valence-corrected chi connectivity index (χ1v) is 11.0. The number of carbonyl (C=O) groups excluding carboxylic acids is 1. The topological polar surface area (TPSA) is 45.8 Å². The molecule has 1 aliphatic heterocycles. The van der Waals surface area contributed by atoms with Crippen molar-refractivity contribution in [2.45, 2.75) is 13.6 Å². The summed E-state index contributed by atoms with van der Waals surface area (Å²) in [5.41, 5.74) is 2.03. The minimum Gasteiger partial charge on any atom is -0.367 e. The predicted octanol–water partition coefficient (Wildman–Crippen LogP) is 4.20. The number of Topliss-reactive ketones (excluding diaryl/α,β-unsaturated/α-hetero) is 1. The van der Waals surface area contributed by atoms with E-state index in [2.05, 4.69) is 17.0 Å². The fourth-order valence-corrected chi connectivity index (χ4v) is 5.24. The average molecular weight is 442 g/mol. The zero-order valence-corrected chi connectivity index (χ0v) is 18.0. The Morgan fingerprint density at radius 2 is 1.93 bits per heavy atom. The summed E-state index contributed by atoms with van der Waals surface area (Å²) in [6.45, 7) is 5.02. The molecule has 2 aromatic carbocycles. The quantitative estimate of drug-likeness (QED) is 0.351. The predicted molar refractivity (Wildman–Crippen MR) is 120 cm³/mol. The van der Waals surface area contributed by atoms with E-state index in [1.54, 1.807) is 23.5 Å². The Morgan fingerprint density at radius 3 is 2.67 bits per heavy atom. The highest BCUT2D eigenvalue weighted by atomic mass is 32.1. The van der Waals surface area contributed by atoms with Crippen LogP contribution in [-0.4, -0.2) is 51.0 Å². The Balaban J connectivity index is 1.30. The summed E-state index contributed by atoms with van der Waals surface area (Å²) < 4.78 is 20.2. The molecule has 0 aliphatic carbocycles. The van der Waals surface area contributed by atoms with E-state index in [-0.39, 0.29) is 11.6 Å². The molecule has 0 amide bonds. The number of hydrogen-bond donors (Lipinski definition) is 0. The summed E-state index contributed by atoms with van der Waals surface area (Å²) in [5.74, 6) is -0.477. The second-order valence-electron chi connectivity index (χ2n) is 7.44. The third-order valence-electron chi connectivity index (χ3n) is 5.52. The van der Waals surface area contributed by atoms with Crippen LogP contribution in [0.3, 0.4) is 0 Å². The smallest absolute Gasteiger partial charge is 0.216 e. The molecule has 3 heterocycles. The van der Waals surface area contributed by atoms with Gasteiger partial charge in [-0.2, -0.15) is 0 Å². The van der Waals surface area contributed by atoms with Crippen LogP contribution in [0.2, 0.25) is 0 Å². The molecule has 4 aromatic rings. The lowest BCUT2D eigenvalue weighted by Gasteiger charge is -2.36. The fourth-order valence-electron chi connectivity index (χ4n) is 3.88. The zero-order valence-electron chi connectivity index (χ0n) is 16.4. The number of halogens is 1. The number of aromatic nitrogens is 3. The number of nitrogens with zero attached hydrogens (tertiary/aromatic N) is 5. The third kappa shape index (κ3) is 3.32. The summed E-state index contributed by atoms with van der Waals surface area (Å²) in [7, 11) is 0. The Morgan fingerprint density at radius 1 is 1.17 bits per heavy atom. The van der Waals surface area contributed by atoms with Crippen LogP contribution in [0.15, 0.2) is 42.5 Å². The van der Waals surface area contributed by atoms with Gasteiger partial charge in [-0.05, 0) is 49.5 Å². The minimum atomic E-state index is -0.348. The maximum absolute atomic E-state index is 14.5. The molecular formula is C21H20FN5OS2. The largest absolute Gasteiger partial charge is 0.367 e. The zero-order chi connectivity index (χ0) is 20.8. The second-order valence-corrected chi connectivity index (χ2v) is 8.81. The lowest BCUT2D eigenvalue weighted by molar-refractivity contribution is 0.101. The van der Waals surface area contributed by atoms with Crippen molar-refractivity contribution in [1.29, 1.82) is 0 Å². The van der Waals surface area contributed by atoms with Crippen LogP contribution in [0.25, 0.3) is 15.2 Å². The highest BCUT2D eigenvalue weighted by Gasteiger charge is 2.21. The molecule has 9 heteroatoms. The first-order chi connectivity index (χ1) is 14.5. The number of piperazine rings is 1. The highest BCUT2D eigenvalue weighted by molar-refractivity contribution is 7.71. The van der Waals surface area contributed by atoms with E-state index in [0.717, 1.165) is 23.6 Å². The molecule has 0 N–H and O–H groups in total. The summed E-state index contributed by atoms with van der Waals surface area (Å²) >= 11 is 7.32. The van der Waals surface area contributed by atoms with E-state index in [4.69, 9.17) is 17.3 Å². The lowest BCUT2D eigenvalue weighted by Crippen LogP contribution is -2.47. The van der Waals surface area contributed by atoms with Crippen LogP contribution in [0, 0.1) is 10.6 Å². The van der Waals surface area contributed by atoms with Crippen molar-refractivity contribution >= 4 is 50.2 Å². The third-order valence-corrected chi connectivity index (χ3v) is 6.92. The Hall–Kier alpha value is -2.62. The first-order valence-electron chi connectivity index (χ1n) is 9.76. The van der Waals surface area contributed by atoms with Crippen molar-refractivity contribution in [3.05, 3.63) is 58.6 Å². The Labute approximate surface area is 181 Å². The molecule has 2 aromatic heterocycles. The number of para-hydroxylation sites is 1. The van der Waals surface area contributed by atoms with E-state index in [1.165, 1.54) is 17.7 Å². The van der Waals surface area contributed by atoms with Crippen molar-refractivity contribution in [3.8, 4) is 0 Å². The van der Waals surface area contributed by atoms with Crippen LogP contribution in [-0.2, 0) is 6.67 Å². The summed E-state index contributed by atoms with van der Waals surface area (Å²) in [5, 5.41) is 4.71. The van der Waals surface area contributed by atoms with E-state index in [1.807, 2.05) is 26.1 Å². The normalized spacial score (nSPS) is 15.3. The monoisotopic (exact) mass is 441 g/mol. The molecule has 154 valence electrons. The molecule has 1 saturated heterocycles.